The van der Waals surface area contributed by atoms with Crippen molar-refractivity contribution in [3.05, 3.63) is 0 Å². The summed E-state index contributed by atoms with van der Waals surface area (Å²) in [7, 11) is 1.67. The van der Waals surface area contributed by atoms with E-state index in [-0.39, 0.29) is 5.41 Å². The minimum Gasteiger partial charge on any atom is -0.382 e. The van der Waals surface area contributed by atoms with E-state index >= 15 is 0 Å². The van der Waals surface area contributed by atoms with Crippen LogP contribution in [0.3, 0.4) is 0 Å². The molecule has 0 radical (unpaired) electrons. The highest BCUT2D eigenvalue weighted by Gasteiger charge is 2.17. The van der Waals surface area contributed by atoms with Crippen molar-refractivity contribution in [3.63, 3.8) is 0 Å². The lowest BCUT2D eigenvalue weighted by Gasteiger charge is -2.32. The van der Waals surface area contributed by atoms with Gasteiger partial charge in [-0.05, 0) is 36.8 Å². The molecule has 1 aliphatic heterocycles. The lowest BCUT2D eigenvalue weighted by Crippen LogP contribution is -2.36. The van der Waals surface area contributed by atoms with Crippen molar-refractivity contribution >= 4 is 0 Å². The van der Waals surface area contributed by atoms with Crippen LogP contribution in [0.25, 0.3) is 0 Å². The zero-order valence-corrected chi connectivity index (χ0v) is 17.5. The van der Waals surface area contributed by atoms with Crippen LogP contribution < -0.4 is 0 Å². The van der Waals surface area contributed by atoms with Gasteiger partial charge in [0.15, 0.2) is 0 Å². The predicted molar refractivity (Wildman–Crippen MR) is 103 cm³/mol. The van der Waals surface area contributed by atoms with Gasteiger partial charge in [-0.3, -0.25) is 0 Å². The number of ether oxygens (including phenoxy) is 3. The van der Waals surface area contributed by atoms with Crippen molar-refractivity contribution in [2.45, 2.75) is 60.8 Å². The Bertz CT molecular complexity index is 276. The highest BCUT2D eigenvalue weighted by atomic mass is 16.5. The number of rotatable bonds is 8. The van der Waals surface area contributed by atoms with E-state index < -0.39 is 0 Å². The Labute approximate surface area is 151 Å². The fourth-order valence-corrected chi connectivity index (χ4v) is 2.53. The molecule has 0 N–H and O–H groups in total. The minimum atomic E-state index is 0.243. The maximum atomic E-state index is 5.41. The summed E-state index contributed by atoms with van der Waals surface area (Å²) in [5.41, 5.74) is 0.726. The first-order chi connectivity index (χ1) is 11.1. The molecule has 1 saturated heterocycles. The Morgan fingerprint density at radius 1 is 0.708 bits per heavy atom. The first kappa shape index (κ1) is 23.8. The molecule has 4 heteroatoms. The summed E-state index contributed by atoms with van der Waals surface area (Å²) in [6.07, 6.45) is 4.27. The number of hydrogen-bond acceptors (Lipinski definition) is 4. The molecule has 146 valence electrons. The summed E-state index contributed by atoms with van der Waals surface area (Å²) in [5, 5.41) is 0. The number of methoxy groups -OCH3 is 1. The molecule has 24 heavy (non-hydrogen) atoms. The van der Waals surface area contributed by atoms with Crippen LogP contribution in [-0.4, -0.2) is 64.7 Å². The van der Waals surface area contributed by atoms with Crippen molar-refractivity contribution < 1.29 is 14.2 Å². The van der Waals surface area contributed by atoms with Crippen LogP contribution in [0.2, 0.25) is 0 Å². The summed E-state index contributed by atoms with van der Waals surface area (Å²) < 4.78 is 15.5. The van der Waals surface area contributed by atoms with Gasteiger partial charge in [-0.2, -0.15) is 0 Å². The summed E-state index contributed by atoms with van der Waals surface area (Å²) in [4.78, 5) is 2.60. The third-order valence-electron chi connectivity index (χ3n) is 3.49. The van der Waals surface area contributed by atoms with E-state index in [9.17, 15) is 0 Å². The molecule has 0 aromatic rings. The fourth-order valence-electron chi connectivity index (χ4n) is 2.53. The Morgan fingerprint density at radius 3 is 1.75 bits per heavy atom. The van der Waals surface area contributed by atoms with Gasteiger partial charge in [0.05, 0.1) is 33.0 Å². The molecule has 0 amide bonds. The third-order valence-corrected chi connectivity index (χ3v) is 3.49. The van der Waals surface area contributed by atoms with Crippen LogP contribution in [0.4, 0.5) is 0 Å². The van der Waals surface area contributed by atoms with Gasteiger partial charge in [0.2, 0.25) is 0 Å². The summed E-state index contributed by atoms with van der Waals surface area (Å²) >= 11 is 0. The first-order valence-electron chi connectivity index (χ1n) is 9.51. The van der Waals surface area contributed by atoms with Crippen LogP contribution in [0.5, 0.6) is 0 Å². The highest BCUT2D eigenvalue weighted by molar-refractivity contribution is 4.71. The van der Waals surface area contributed by atoms with Gasteiger partial charge in [-0.25, -0.2) is 0 Å². The van der Waals surface area contributed by atoms with E-state index in [4.69, 9.17) is 14.2 Å². The highest BCUT2D eigenvalue weighted by Crippen LogP contribution is 2.18. The monoisotopic (exact) mass is 345 g/mol. The van der Waals surface area contributed by atoms with E-state index in [1.54, 1.807) is 7.11 Å². The van der Waals surface area contributed by atoms with Gasteiger partial charge in [-0.1, -0.05) is 48.0 Å². The van der Waals surface area contributed by atoms with Crippen molar-refractivity contribution in [2.75, 3.05) is 59.8 Å². The lowest BCUT2D eigenvalue weighted by molar-refractivity contribution is 0.00574. The van der Waals surface area contributed by atoms with E-state index in [0.29, 0.717) is 31.8 Å². The predicted octanol–water partition coefficient (Wildman–Crippen LogP) is 4.23. The summed E-state index contributed by atoms with van der Waals surface area (Å²) in [6.45, 7) is 20.7. The number of piperidine rings is 1. The summed E-state index contributed by atoms with van der Waals surface area (Å²) in [6, 6.07) is 0. The fraction of sp³-hybridized carbons (Fsp3) is 1.00. The van der Waals surface area contributed by atoms with Crippen molar-refractivity contribution in [1.29, 1.82) is 0 Å². The SMILES string of the molecule is CC(C)(C)CN1CCCCC1.COCCOCCOCC(C)(C)C. The van der Waals surface area contributed by atoms with Crippen LogP contribution >= 0.6 is 0 Å². The van der Waals surface area contributed by atoms with Gasteiger partial charge < -0.3 is 19.1 Å². The maximum absolute atomic E-state index is 5.41. The minimum absolute atomic E-state index is 0.243. The molecule has 0 saturated carbocycles. The van der Waals surface area contributed by atoms with Crippen LogP contribution in [0.15, 0.2) is 0 Å². The van der Waals surface area contributed by atoms with Crippen LogP contribution in [-0.2, 0) is 14.2 Å². The number of likely N-dealkylation sites (tertiary alicyclic amines) is 1. The van der Waals surface area contributed by atoms with Gasteiger partial charge in [0, 0.05) is 13.7 Å². The largest absolute Gasteiger partial charge is 0.382 e. The zero-order valence-electron chi connectivity index (χ0n) is 17.5. The zero-order chi connectivity index (χ0) is 18.5. The van der Waals surface area contributed by atoms with Gasteiger partial charge in [0.1, 0.15) is 0 Å². The molecule has 1 fully saturated rings. The molecule has 0 bridgehead atoms. The smallest absolute Gasteiger partial charge is 0.0701 e. The Morgan fingerprint density at radius 2 is 1.25 bits per heavy atom. The van der Waals surface area contributed by atoms with Crippen molar-refractivity contribution in [1.82, 2.24) is 4.90 Å². The molecule has 1 rings (SSSR count). The van der Waals surface area contributed by atoms with Crippen LogP contribution in [0, 0.1) is 10.8 Å². The second-order valence-electron chi connectivity index (χ2n) is 9.12. The van der Waals surface area contributed by atoms with Crippen LogP contribution in [0.1, 0.15) is 60.8 Å². The van der Waals surface area contributed by atoms with E-state index in [2.05, 4.69) is 46.4 Å². The maximum Gasteiger partial charge on any atom is 0.0701 e. The third kappa shape index (κ3) is 18.2. The quantitative estimate of drug-likeness (QED) is 0.616. The second-order valence-corrected chi connectivity index (χ2v) is 9.12. The molecule has 4 nitrogen and oxygen atoms in total. The summed E-state index contributed by atoms with van der Waals surface area (Å²) in [5.74, 6) is 0. The second kappa shape index (κ2) is 13.1. The van der Waals surface area contributed by atoms with Crippen molar-refractivity contribution in [2.24, 2.45) is 10.8 Å². The molecule has 0 aliphatic carbocycles. The molecule has 1 aliphatic rings. The first-order valence-corrected chi connectivity index (χ1v) is 9.51. The van der Waals surface area contributed by atoms with Gasteiger partial charge in [-0.15, -0.1) is 0 Å². The Kier molecular flexibility index (Phi) is 13.0. The topological polar surface area (TPSA) is 30.9 Å². The average molecular weight is 346 g/mol. The standard InChI is InChI=1S/C10H21N.C10H22O3/c1-10(2,3)9-11-7-5-4-6-8-11;1-10(2,3)9-13-8-7-12-6-5-11-4/h4-9H2,1-3H3;5-9H2,1-4H3. The molecule has 1 heterocycles. The normalized spacial score (nSPS) is 16.6. The average Bonchev–Trinajstić information content (AvgIpc) is 2.45. The molecule has 0 unspecified atom stereocenters. The molecule has 0 atom stereocenters. The van der Waals surface area contributed by atoms with Gasteiger partial charge >= 0.3 is 0 Å². The Balaban J connectivity index is 0.000000446. The van der Waals surface area contributed by atoms with E-state index in [0.717, 1.165) is 6.61 Å². The number of nitrogens with zero attached hydrogens (tertiary/aromatic N) is 1. The Hall–Kier alpha value is -0.160. The molecule has 0 aromatic carbocycles. The lowest BCUT2D eigenvalue weighted by atomic mass is 9.95. The van der Waals surface area contributed by atoms with Gasteiger partial charge in [0.25, 0.3) is 0 Å². The molecular formula is C20H43NO3. The number of hydrogen-bond donors (Lipinski definition) is 0. The molecule has 0 spiro atoms. The molecular weight excluding hydrogens is 302 g/mol. The van der Waals surface area contributed by atoms with Crippen molar-refractivity contribution in [3.8, 4) is 0 Å². The molecule has 0 aromatic heterocycles. The van der Waals surface area contributed by atoms with E-state index in [1.807, 2.05) is 0 Å². The van der Waals surface area contributed by atoms with E-state index in [1.165, 1.54) is 38.9 Å².